The van der Waals surface area contributed by atoms with Gasteiger partial charge in [0.2, 0.25) is 0 Å². The normalized spacial score (nSPS) is 9.94. The van der Waals surface area contributed by atoms with Crippen LogP contribution in [0.25, 0.3) is 0 Å². The van der Waals surface area contributed by atoms with E-state index in [9.17, 15) is 4.79 Å². The molecule has 0 saturated heterocycles. The zero-order chi connectivity index (χ0) is 12.1. The Hall–Kier alpha value is -2.09. The summed E-state index contributed by atoms with van der Waals surface area (Å²) in [4.78, 5) is 12.1. The molecule has 0 aliphatic carbocycles. The zero-order valence-electron chi connectivity index (χ0n) is 9.81. The summed E-state index contributed by atoms with van der Waals surface area (Å²) < 4.78 is 0. The quantitative estimate of drug-likeness (QED) is 0.851. The lowest BCUT2D eigenvalue weighted by Gasteiger charge is -2.08. The fraction of sp³-hybridized carbons (Fsp3) is 0.133. The van der Waals surface area contributed by atoms with E-state index in [0.29, 0.717) is 0 Å². The first kappa shape index (κ1) is 11.4. The predicted molar refractivity (Wildman–Crippen MR) is 70.2 cm³/mol. The largest absolute Gasteiger partial charge is 0.322 e. The fourth-order valence-electron chi connectivity index (χ4n) is 1.77. The Labute approximate surface area is 101 Å². The maximum atomic E-state index is 12.1. The van der Waals surface area contributed by atoms with Crippen molar-refractivity contribution in [2.24, 2.45) is 0 Å². The van der Waals surface area contributed by atoms with Crippen molar-refractivity contribution < 1.29 is 4.79 Å². The second-order valence-electron chi connectivity index (χ2n) is 3.83. The van der Waals surface area contributed by atoms with Crippen molar-refractivity contribution in [2.75, 3.05) is 5.32 Å². The summed E-state index contributed by atoms with van der Waals surface area (Å²) in [5, 5.41) is 2.89. The molecule has 2 heteroatoms. The first-order valence-electron chi connectivity index (χ1n) is 5.75. The van der Waals surface area contributed by atoms with Crippen LogP contribution < -0.4 is 5.32 Å². The number of hydrogen-bond donors (Lipinski definition) is 1. The van der Waals surface area contributed by atoms with Crippen molar-refractivity contribution in [1.82, 2.24) is 0 Å². The van der Waals surface area contributed by atoms with Crippen LogP contribution in [-0.2, 0) is 6.42 Å². The molecule has 0 heterocycles. The van der Waals surface area contributed by atoms with E-state index < -0.39 is 0 Å². The smallest absolute Gasteiger partial charge is 0.255 e. The van der Waals surface area contributed by atoms with Gasteiger partial charge in [0.1, 0.15) is 0 Å². The standard InChI is InChI=1S/C15H15NO/c1-2-12-8-6-7-11-14(12)15(17)16-13-9-4-3-5-10-13/h3-11H,2H2,1H3,(H,16,17). The van der Waals surface area contributed by atoms with Gasteiger partial charge in [0.05, 0.1) is 0 Å². The first-order valence-corrected chi connectivity index (χ1v) is 5.75. The summed E-state index contributed by atoms with van der Waals surface area (Å²) in [7, 11) is 0. The van der Waals surface area contributed by atoms with Crippen molar-refractivity contribution in [2.45, 2.75) is 13.3 Å². The fourth-order valence-corrected chi connectivity index (χ4v) is 1.77. The van der Waals surface area contributed by atoms with E-state index >= 15 is 0 Å². The number of nitrogens with one attached hydrogen (secondary N) is 1. The van der Waals surface area contributed by atoms with Crippen LogP contribution in [0.5, 0.6) is 0 Å². The Balaban J connectivity index is 2.20. The molecule has 86 valence electrons. The Morgan fingerprint density at radius 1 is 1.00 bits per heavy atom. The average molecular weight is 225 g/mol. The van der Waals surface area contributed by atoms with Crippen LogP contribution in [0.3, 0.4) is 0 Å². The minimum atomic E-state index is -0.0475. The number of benzene rings is 2. The zero-order valence-corrected chi connectivity index (χ0v) is 9.81. The molecule has 0 unspecified atom stereocenters. The van der Waals surface area contributed by atoms with E-state index in [2.05, 4.69) is 12.2 Å². The Kier molecular flexibility index (Phi) is 3.55. The molecule has 2 nitrogen and oxygen atoms in total. The second-order valence-corrected chi connectivity index (χ2v) is 3.83. The van der Waals surface area contributed by atoms with Crippen LogP contribution in [-0.4, -0.2) is 5.91 Å². The summed E-state index contributed by atoms with van der Waals surface area (Å²) >= 11 is 0. The molecular formula is C15H15NO. The summed E-state index contributed by atoms with van der Waals surface area (Å²) in [6, 6.07) is 17.2. The van der Waals surface area contributed by atoms with Gasteiger partial charge in [-0.2, -0.15) is 0 Å². The molecule has 0 aromatic heterocycles. The molecule has 0 aliphatic heterocycles. The molecule has 0 saturated carbocycles. The molecule has 17 heavy (non-hydrogen) atoms. The van der Waals surface area contributed by atoms with E-state index in [1.54, 1.807) is 0 Å². The minimum absolute atomic E-state index is 0.0475. The molecule has 1 amide bonds. The number of carbonyl (C=O) groups is 1. The molecule has 2 rings (SSSR count). The van der Waals surface area contributed by atoms with Crippen LogP contribution in [0.1, 0.15) is 22.8 Å². The van der Waals surface area contributed by atoms with Gasteiger partial charge in [-0.15, -0.1) is 0 Å². The van der Waals surface area contributed by atoms with E-state index in [1.165, 1.54) is 0 Å². The van der Waals surface area contributed by atoms with Gasteiger partial charge in [-0.05, 0) is 30.2 Å². The number of hydrogen-bond acceptors (Lipinski definition) is 1. The van der Waals surface area contributed by atoms with Crippen LogP contribution in [0, 0.1) is 0 Å². The van der Waals surface area contributed by atoms with Crippen molar-refractivity contribution in [3.8, 4) is 0 Å². The molecule has 0 radical (unpaired) electrons. The molecule has 0 atom stereocenters. The minimum Gasteiger partial charge on any atom is -0.322 e. The van der Waals surface area contributed by atoms with Crippen molar-refractivity contribution >= 4 is 11.6 Å². The molecule has 0 aliphatic rings. The van der Waals surface area contributed by atoms with Gasteiger partial charge in [-0.1, -0.05) is 43.3 Å². The van der Waals surface area contributed by atoms with Crippen LogP contribution >= 0.6 is 0 Å². The predicted octanol–water partition coefficient (Wildman–Crippen LogP) is 3.50. The highest BCUT2D eigenvalue weighted by Gasteiger charge is 2.09. The van der Waals surface area contributed by atoms with Gasteiger partial charge in [-0.25, -0.2) is 0 Å². The maximum absolute atomic E-state index is 12.1. The molecule has 2 aromatic rings. The van der Waals surface area contributed by atoms with E-state index in [4.69, 9.17) is 0 Å². The van der Waals surface area contributed by atoms with Gasteiger partial charge in [0, 0.05) is 11.3 Å². The Morgan fingerprint density at radius 2 is 1.65 bits per heavy atom. The summed E-state index contributed by atoms with van der Waals surface area (Å²) in [5.41, 5.74) is 2.64. The topological polar surface area (TPSA) is 29.1 Å². The van der Waals surface area contributed by atoms with Crippen molar-refractivity contribution in [3.05, 3.63) is 65.7 Å². The third kappa shape index (κ3) is 2.72. The molecule has 1 N–H and O–H groups in total. The van der Waals surface area contributed by atoms with E-state index in [1.807, 2.05) is 54.6 Å². The molecule has 0 bridgehead atoms. The van der Waals surface area contributed by atoms with Gasteiger partial charge in [0.25, 0.3) is 5.91 Å². The number of anilines is 1. The molecule has 2 aromatic carbocycles. The number of aryl methyl sites for hydroxylation is 1. The number of rotatable bonds is 3. The van der Waals surface area contributed by atoms with Crippen molar-refractivity contribution in [1.29, 1.82) is 0 Å². The van der Waals surface area contributed by atoms with Crippen LogP contribution in [0.15, 0.2) is 54.6 Å². The van der Waals surface area contributed by atoms with Crippen LogP contribution in [0.4, 0.5) is 5.69 Å². The third-order valence-electron chi connectivity index (χ3n) is 2.67. The first-order chi connectivity index (χ1) is 8.31. The summed E-state index contributed by atoms with van der Waals surface area (Å²) in [5.74, 6) is -0.0475. The lowest BCUT2D eigenvalue weighted by atomic mass is 10.0. The number of carbonyl (C=O) groups excluding carboxylic acids is 1. The SMILES string of the molecule is CCc1ccccc1C(=O)Nc1ccccc1. The summed E-state index contributed by atoms with van der Waals surface area (Å²) in [6.45, 7) is 2.05. The Bertz CT molecular complexity index is 505. The highest BCUT2D eigenvalue weighted by molar-refractivity contribution is 6.05. The lowest BCUT2D eigenvalue weighted by Crippen LogP contribution is -2.13. The summed E-state index contributed by atoms with van der Waals surface area (Å²) in [6.07, 6.45) is 0.860. The van der Waals surface area contributed by atoms with Gasteiger partial charge < -0.3 is 5.32 Å². The highest BCUT2D eigenvalue weighted by atomic mass is 16.1. The lowest BCUT2D eigenvalue weighted by molar-refractivity contribution is 0.102. The highest BCUT2D eigenvalue weighted by Crippen LogP contribution is 2.13. The molecule has 0 fully saturated rings. The van der Waals surface area contributed by atoms with Gasteiger partial charge in [-0.3, -0.25) is 4.79 Å². The van der Waals surface area contributed by atoms with Gasteiger partial charge in [0.15, 0.2) is 0 Å². The third-order valence-corrected chi connectivity index (χ3v) is 2.67. The molecular weight excluding hydrogens is 210 g/mol. The monoisotopic (exact) mass is 225 g/mol. The molecule has 0 spiro atoms. The number of amides is 1. The van der Waals surface area contributed by atoms with Crippen LogP contribution in [0.2, 0.25) is 0 Å². The number of para-hydroxylation sites is 1. The van der Waals surface area contributed by atoms with Gasteiger partial charge >= 0.3 is 0 Å². The second kappa shape index (κ2) is 5.30. The van der Waals surface area contributed by atoms with Crippen molar-refractivity contribution in [3.63, 3.8) is 0 Å². The average Bonchev–Trinajstić information content (AvgIpc) is 2.40. The van der Waals surface area contributed by atoms with E-state index in [-0.39, 0.29) is 5.91 Å². The Morgan fingerprint density at radius 3 is 2.35 bits per heavy atom. The maximum Gasteiger partial charge on any atom is 0.255 e. The van der Waals surface area contributed by atoms with E-state index in [0.717, 1.165) is 23.2 Å².